The molecule has 0 atom stereocenters. The van der Waals surface area contributed by atoms with E-state index in [2.05, 4.69) is 22.1 Å². The molecule has 1 fully saturated rings. The number of hydrogen-bond acceptors (Lipinski definition) is 4. The summed E-state index contributed by atoms with van der Waals surface area (Å²) in [5.41, 5.74) is 6.18. The monoisotopic (exact) mass is 262 g/mol. The minimum atomic E-state index is -0.112. The van der Waals surface area contributed by atoms with E-state index < -0.39 is 0 Å². The highest BCUT2D eigenvalue weighted by Gasteiger charge is 2.21. The SMILES string of the molecule is CCCN1CCC(NC(=O)c2cccnc2N)CC1. The number of anilines is 1. The lowest BCUT2D eigenvalue weighted by Gasteiger charge is -2.32. The van der Waals surface area contributed by atoms with E-state index >= 15 is 0 Å². The van der Waals surface area contributed by atoms with Crippen molar-refractivity contribution >= 4 is 11.7 Å². The van der Waals surface area contributed by atoms with E-state index in [9.17, 15) is 4.79 Å². The molecule has 1 aromatic heterocycles. The molecule has 104 valence electrons. The lowest BCUT2D eigenvalue weighted by molar-refractivity contribution is 0.0912. The number of hydrogen-bond donors (Lipinski definition) is 2. The summed E-state index contributed by atoms with van der Waals surface area (Å²) >= 11 is 0. The molecule has 2 rings (SSSR count). The van der Waals surface area contributed by atoms with Crippen LogP contribution in [0.1, 0.15) is 36.5 Å². The number of likely N-dealkylation sites (tertiary alicyclic amines) is 1. The number of nitrogen functional groups attached to an aromatic ring is 1. The van der Waals surface area contributed by atoms with E-state index in [4.69, 9.17) is 5.73 Å². The summed E-state index contributed by atoms with van der Waals surface area (Å²) in [6, 6.07) is 3.69. The Morgan fingerprint density at radius 2 is 2.26 bits per heavy atom. The van der Waals surface area contributed by atoms with Gasteiger partial charge in [0.2, 0.25) is 0 Å². The molecule has 0 unspecified atom stereocenters. The van der Waals surface area contributed by atoms with E-state index in [1.54, 1.807) is 18.3 Å². The van der Waals surface area contributed by atoms with Gasteiger partial charge in [-0.3, -0.25) is 4.79 Å². The molecular weight excluding hydrogens is 240 g/mol. The van der Waals surface area contributed by atoms with Crippen molar-refractivity contribution in [3.8, 4) is 0 Å². The summed E-state index contributed by atoms with van der Waals surface area (Å²) in [6.07, 6.45) is 4.79. The minimum Gasteiger partial charge on any atom is -0.383 e. The smallest absolute Gasteiger partial charge is 0.255 e. The molecule has 1 saturated heterocycles. The number of rotatable bonds is 4. The van der Waals surface area contributed by atoms with Crippen LogP contribution in [-0.2, 0) is 0 Å². The highest BCUT2D eigenvalue weighted by atomic mass is 16.1. The number of amides is 1. The number of piperidine rings is 1. The molecule has 1 aromatic rings. The molecule has 5 nitrogen and oxygen atoms in total. The summed E-state index contributed by atoms with van der Waals surface area (Å²) < 4.78 is 0. The van der Waals surface area contributed by atoms with Gasteiger partial charge in [-0.1, -0.05) is 6.92 Å². The second kappa shape index (κ2) is 6.52. The molecule has 3 N–H and O–H groups in total. The maximum Gasteiger partial charge on any atom is 0.255 e. The molecule has 0 saturated carbocycles. The Hall–Kier alpha value is -1.62. The Labute approximate surface area is 114 Å². The minimum absolute atomic E-state index is 0.112. The first-order chi connectivity index (χ1) is 9.20. The third kappa shape index (κ3) is 3.67. The normalized spacial score (nSPS) is 17.3. The van der Waals surface area contributed by atoms with E-state index in [1.807, 2.05) is 0 Å². The molecule has 0 aliphatic carbocycles. The van der Waals surface area contributed by atoms with Gasteiger partial charge < -0.3 is 16.0 Å². The number of aromatic nitrogens is 1. The van der Waals surface area contributed by atoms with Gasteiger partial charge in [0, 0.05) is 25.3 Å². The van der Waals surface area contributed by atoms with Crippen molar-refractivity contribution in [2.75, 3.05) is 25.4 Å². The zero-order valence-corrected chi connectivity index (χ0v) is 11.4. The average molecular weight is 262 g/mol. The van der Waals surface area contributed by atoms with Gasteiger partial charge in [0.15, 0.2) is 0 Å². The zero-order valence-electron chi connectivity index (χ0n) is 11.4. The number of nitrogens with one attached hydrogen (secondary N) is 1. The fraction of sp³-hybridized carbons (Fsp3) is 0.571. The van der Waals surface area contributed by atoms with Gasteiger partial charge in [-0.25, -0.2) is 4.98 Å². The van der Waals surface area contributed by atoms with E-state index in [0.717, 1.165) is 32.5 Å². The summed E-state index contributed by atoms with van der Waals surface area (Å²) in [4.78, 5) is 18.5. The van der Waals surface area contributed by atoms with Crippen LogP contribution in [0.4, 0.5) is 5.82 Å². The summed E-state index contributed by atoms with van der Waals surface area (Å²) in [6.45, 7) is 5.46. The number of carbonyl (C=O) groups is 1. The van der Waals surface area contributed by atoms with Gasteiger partial charge in [0.25, 0.3) is 5.91 Å². The molecule has 0 radical (unpaired) electrons. The number of nitrogens with two attached hydrogens (primary N) is 1. The van der Waals surface area contributed by atoms with Gasteiger partial charge in [-0.2, -0.15) is 0 Å². The van der Waals surface area contributed by atoms with Crippen LogP contribution in [-0.4, -0.2) is 41.5 Å². The summed E-state index contributed by atoms with van der Waals surface area (Å²) in [5.74, 6) is 0.183. The van der Waals surface area contributed by atoms with Crippen LogP contribution >= 0.6 is 0 Å². The van der Waals surface area contributed by atoms with Crippen LogP contribution in [0, 0.1) is 0 Å². The van der Waals surface area contributed by atoms with Gasteiger partial charge in [-0.15, -0.1) is 0 Å². The molecule has 1 amide bonds. The highest BCUT2D eigenvalue weighted by molar-refractivity contribution is 5.98. The lowest BCUT2D eigenvalue weighted by atomic mass is 10.0. The van der Waals surface area contributed by atoms with Gasteiger partial charge in [0.05, 0.1) is 5.56 Å². The standard InChI is InChI=1S/C14H22N4O/c1-2-8-18-9-5-11(6-10-18)17-14(19)12-4-3-7-16-13(12)15/h3-4,7,11H,2,5-6,8-10H2,1H3,(H2,15,16)(H,17,19). The fourth-order valence-electron chi connectivity index (χ4n) is 2.49. The quantitative estimate of drug-likeness (QED) is 0.857. The largest absolute Gasteiger partial charge is 0.383 e. The molecule has 19 heavy (non-hydrogen) atoms. The lowest BCUT2D eigenvalue weighted by Crippen LogP contribution is -2.44. The van der Waals surface area contributed by atoms with Crippen molar-refractivity contribution in [3.05, 3.63) is 23.9 Å². The number of nitrogens with zero attached hydrogens (tertiary/aromatic N) is 2. The molecule has 1 aliphatic heterocycles. The van der Waals surface area contributed by atoms with Crippen molar-refractivity contribution in [1.29, 1.82) is 0 Å². The average Bonchev–Trinajstić information content (AvgIpc) is 2.42. The zero-order chi connectivity index (χ0) is 13.7. The first-order valence-electron chi connectivity index (χ1n) is 6.94. The molecular formula is C14H22N4O. The van der Waals surface area contributed by atoms with E-state index in [-0.39, 0.29) is 11.9 Å². The van der Waals surface area contributed by atoms with Crippen molar-refractivity contribution in [3.63, 3.8) is 0 Å². The van der Waals surface area contributed by atoms with Crippen molar-refractivity contribution in [2.45, 2.75) is 32.2 Å². The van der Waals surface area contributed by atoms with Crippen molar-refractivity contribution in [2.24, 2.45) is 0 Å². The van der Waals surface area contributed by atoms with Crippen molar-refractivity contribution < 1.29 is 4.79 Å². The van der Waals surface area contributed by atoms with E-state index in [1.165, 1.54) is 6.42 Å². The van der Waals surface area contributed by atoms with Gasteiger partial charge >= 0.3 is 0 Å². The second-order valence-electron chi connectivity index (χ2n) is 5.03. The molecule has 1 aliphatic rings. The third-order valence-corrected chi connectivity index (χ3v) is 3.55. The summed E-state index contributed by atoms with van der Waals surface area (Å²) in [7, 11) is 0. The highest BCUT2D eigenvalue weighted by Crippen LogP contribution is 2.13. The second-order valence-corrected chi connectivity index (χ2v) is 5.03. The van der Waals surface area contributed by atoms with E-state index in [0.29, 0.717) is 11.4 Å². The Morgan fingerprint density at radius 3 is 2.89 bits per heavy atom. The van der Waals surface area contributed by atoms with Crippen LogP contribution < -0.4 is 11.1 Å². The number of carbonyl (C=O) groups excluding carboxylic acids is 1. The van der Waals surface area contributed by atoms with Crippen LogP contribution in [0.25, 0.3) is 0 Å². The summed E-state index contributed by atoms with van der Waals surface area (Å²) in [5, 5.41) is 3.05. The Balaban J connectivity index is 1.86. The molecule has 2 heterocycles. The van der Waals surface area contributed by atoms with Crippen LogP contribution in [0.3, 0.4) is 0 Å². The van der Waals surface area contributed by atoms with Gasteiger partial charge in [0.1, 0.15) is 5.82 Å². The Morgan fingerprint density at radius 1 is 1.53 bits per heavy atom. The van der Waals surface area contributed by atoms with Crippen LogP contribution in [0.15, 0.2) is 18.3 Å². The van der Waals surface area contributed by atoms with Crippen LogP contribution in [0.2, 0.25) is 0 Å². The maximum atomic E-state index is 12.1. The Kier molecular flexibility index (Phi) is 4.74. The third-order valence-electron chi connectivity index (χ3n) is 3.55. The molecule has 0 spiro atoms. The predicted molar refractivity (Wildman–Crippen MR) is 75.9 cm³/mol. The van der Waals surface area contributed by atoms with Crippen molar-refractivity contribution in [1.82, 2.24) is 15.2 Å². The Bertz CT molecular complexity index is 427. The van der Waals surface area contributed by atoms with Crippen LogP contribution in [0.5, 0.6) is 0 Å². The van der Waals surface area contributed by atoms with Gasteiger partial charge in [-0.05, 0) is 37.9 Å². The molecule has 5 heteroatoms. The maximum absolute atomic E-state index is 12.1. The fourth-order valence-corrected chi connectivity index (χ4v) is 2.49. The predicted octanol–water partition coefficient (Wildman–Crippen LogP) is 1.27. The first kappa shape index (κ1) is 13.8. The topological polar surface area (TPSA) is 71.2 Å². The molecule has 0 aromatic carbocycles. The first-order valence-corrected chi connectivity index (χ1v) is 6.94. The number of pyridine rings is 1. The molecule has 0 bridgehead atoms.